The number of halogens is 1. The van der Waals surface area contributed by atoms with Crippen LogP contribution >= 0.6 is 24.0 Å². The molecule has 6 nitrogen and oxygen atoms in total. The van der Waals surface area contributed by atoms with Crippen LogP contribution in [0.5, 0.6) is 11.5 Å². The van der Waals surface area contributed by atoms with Gasteiger partial charge in [0.1, 0.15) is 11.5 Å². The maximum absolute atomic E-state index is 9.61. The highest BCUT2D eigenvalue weighted by Gasteiger charge is 2.17. The molecule has 2 aromatic carbocycles. The summed E-state index contributed by atoms with van der Waals surface area (Å²) in [6.07, 6.45) is 1.06. The molecule has 0 radical (unpaired) electrons. The molecule has 1 heterocycles. The van der Waals surface area contributed by atoms with E-state index in [0.29, 0.717) is 25.6 Å². The van der Waals surface area contributed by atoms with E-state index in [0.717, 1.165) is 49.0 Å². The van der Waals surface area contributed by atoms with Crippen LogP contribution in [-0.2, 0) is 17.8 Å². The van der Waals surface area contributed by atoms with Crippen molar-refractivity contribution < 1.29 is 14.6 Å². The van der Waals surface area contributed by atoms with Crippen LogP contribution in [0.1, 0.15) is 30.0 Å². The molecule has 1 saturated heterocycles. The SMILES string of the molecule is CCNC(=NCc1cccc(O)c1)NCc1ccc(C)cc1OCC1CCOC1.I. The van der Waals surface area contributed by atoms with E-state index in [4.69, 9.17) is 9.47 Å². The Hall–Kier alpha value is -2.00. The normalized spacial score (nSPS) is 16.1. The molecule has 0 amide bonds. The number of aliphatic imine (C=N–C) groups is 1. The van der Waals surface area contributed by atoms with Gasteiger partial charge in [0.25, 0.3) is 0 Å². The first-order valence-electron chi connectivity index (χ1n) is 10.2. The number of phenolic OH excluding ortho intramolecular Hbond substituents is 1. The van der Waals surface area contributed by atoms with E-state index in [1.807, 2.05) is 19.1 Å². The zero-order valence-corrected chi connectivity index (χ0v) is 20.0. The average Bonchev–Trinajstić information content (AvgIpc) is 3.23. The summed E-state index contributed by atoms with van der Waals surface area (Å²) in [5.41, 5.74) is 3.23. The van der Waals surface area contributed by atoms with Gasteiger partial charge in [-0.25, -0.2) is 4.99 Å². The Balaban J connectivity index is 0.00000320. The monoisotopic (exact) mass is 525 g/mol. The molecule has 1 fully saturated rings. The molecule has 0 spiro atoms. The predicted molar refractivity (Wildman–Crippen MR) is 131 cm³/mol. The average molecular weight is 525 g/mol. The second-order valence-electron chi connectivity index (χ2n) is 7.37. The number of hydrogen-bond donors (Lipinski definition) is 3. The second kappa shape index (κ2) is 12.6. The number of aryl methyl sites for hydroxylation is 1. The quantitative estimate of drug-likeness (QED) is 0.276. The van der Waals surface area contributed by atoms with Crippen LogP contribution in [0.15, 0.2) is 47.5 Å². The number of nitrogens with one attached hydrogen (secondary N) is 2. The van der Waals surface area contributed by atoms with Crippen molar-refractivity contribution in [1.82, 2.24) is 10.6 Å². The van der Waals surface area contributed by atoms with Crippen molar-refractivity contribution in [3.8, 4) is 11.5 Å². The lowest BCUT2D eigenvalue weighted by atomic mass is 10.1. The fourth-order valence-electron chi connectivity index (χ4n) is 3.21. The number of benzene rings is 2. The van der Waals surface area contributed by atoms with Gasteiger partial charge < -0.3 is 25.2 Å². The summed E-state index contributed by atoms with van der Waals surface area (Å²) in [6.45, 7) is 8.28. The molecule has 1 unspecified atom stereocenters. The van der Waals surface area contributed by atoms with Gasteiger partial charge in [-0.05, 0) is 49.6 Å². The van der Waals surface area contributed by atoms with E-state index in [-0.39, 0.29) is 29.7 Å². The third-order valence-electron chi connectivity index (χ3n) is 4.84. The molecule has 3 rings (SSSR count). The van der Waals surface area contributed by atoms with Crippen LogP contribution in [0.2, 0.25) is 0 Å². The molecular weight excluding hydrogens is 493 g/mol. The van der Waals surface area contributed by atoms with Gasteiger partial charge in [0.2, 0.25) is 0 Å². The smallest absolute Gasteiger partial charge is 0.191 e. The van der Waals surface area contributed by atoms with Crippen LogP contribution < -0.4 is 15.4 Å². The van der Waals surface area contributed by atoms with Crippen LogP contribution in [0.3, 0.4) is 0 Å². The molecule has 1 aliphatic rings. The third-order valence-corrected chi connectivity index (χ3v) is 4.84. The zero-order chi connectivity index (χ0) is 20.5. The summed E-state index contributed by atoms with van der Waals surface area (Å²) in [7, 11) is 0. The molecule has 7 heteroatoms. The van der Waals surface area contributed by atoms with Crippen molar-refractivity contribution in [2.24, 2.45) is 10.9 Å². The lowest BCUT2D eigenvalue weighted by Crippen LogP contribution is -2.36. The van der Waals surface area contributed by atoms with E-state index in [1.54, 1.807) is 12.1 Å². The van der Waals surface area contributed by atoms with Crippen molar-refractivity contribution in [1.29, 1.82) is 0 Å². The molecule has 0 aromatic heterocycles. The highest BCUT2D eigenvalue weighted by Crippen LogP contribution is 2.22. The van der Waals surface area contributed by atoms with Crippen molar-refractivity contribution in [2.45, 2.75) is 33.4 Å². The van der Waals surface area contributed by atoms with Crippen molar-refractivity contribution in [3.63, 3.8) is 0 Å². The standard InChI is InChI=1S/C23H31N3O3.HI/c1-3-24-23(25-13-18-5-4-6-21(27)12-18)26-14-20-8-7-17(2)11-22(20)29-16-19-9-10-28-15-19;/h4-8,11-12,19,27H,3,9-10,13-16H2,1-2H3,(H2,24,25,26);1H. The van der Waals surface area contributed by atoms with Gasteiger partial charge in [-0.3, -0.25) is 0 Å². The minimum absolute atomic E-state index is 0. The Morgan fingerprint density at radius 3 is 2.83 bits per heavy atom. The van der Waals surface area contributed by atoms with Gasteiger partial charge in [0.15, 0.2) is 5.96 Å². The van der Waals surface area contributed by atoms with Gasteiger partial charge >= 0.3 is 0 Å². The van der Waals surface area contributed by atoms with Crippen molar-refractivity contribution >= 4 is 29.9 Å². The summed E-state index contributed by atoms with van der Waals surface area (Å²) in [4.78, 5) is 4.62. The lowest BCUT2D eigenvalue weighted by Gasteiger charge is -2.17. The first-order valence-corrected chi connectivity index (χ1v) is 10.2. The van der Waals surface area contributed by atoms with Gasteiger partial charge in [-0.1, -0.05) is 24.3 Å². The number of aromatic hydroxyl groups is 1. The molecule has 164 valence electrons. The first kappa shape index (κ1) is 24.3. The topological polar surface area (TPSA) is 75.1 Å². The van der Waals surface area contributed by atoms with Crippen molar-refractivity contribution in [3.05, 3.63) is 59.2 Å². The van der Waals surface area contributed by atoms with E-state index in [2.05, 4.69) is 40.7 Å². The number of nitrogens with zero attached hydrogens (tertiary/aromatic N) is 1. The van der Waals surface area contributed by atoms with Gasteiger partial charge in [0, 0.05) is 31.2 Å². The Morgan fingerprint density at radius 2 is 2.10 bits per heavy atom. The van der Waals surface area contributed by atoms with Gasteiger partial charge in [-0.2, -0.15) is 0 Å². The number of ether oxygens (including phenoxy) is 2. The minimum atomic E-state index is 0. The Morgan fingerprint density at radius 1 is 1.23 bits per heavy atom. The Kier molecular flexibility index (Phi) is 10.2. The molecule has 0 bridgehead atoms. The predicted octanol–water partition coefficient (Wildman–Crippen LogP) is 3.99. The molecule has 0 aliphatic carbocycles. The maximum Gasteiger partial charge on any atom is 0.191 e. The summed E-state index contributed by atoms with van der Waals surface area (Å²) in [6, 6.07) is 13.4. The largest absolute Gasteiger partial charge is 0.508 e. The lowest BCUT2D eigenvalue weighted by molar-refractivity contribution is 0.166. The summed E-state index contributed by atoms with van der Waals surface area (Å²) in [5, 5.41) is 16.3. The summed E-state index contributed by atoms with van der Waals surface area (Å²) >= 11 is 0. The first-order chi connectivity index (χ1) is 14.1. The van der Waals surface area contributed by atoms with Gasteiger partial charge in [0.05, 0.1) is 19.8 Å². The molecular formula is C23H32IN3O3. The van der Waals surface area contributed by atoms with E-state index in [9.17, 15) is 5.11 Å². The maximum atomic E-state index is 9.61. The molecule has 3 N–H and O–H groups in total. The minimum Gasteiger partial charge on any atom is -0.508 e. The fraction of sp³-hybridized carbons (Fsp3) is 0.435. The van der Waals surface area contributed by atoms with E-state index >= 15 is 0 Å². The number of rotatable bonds is 8. The van der Waals surface area contributed by atoms with E-state index in [1.165, 1.54) is 5.56 Å². The fourth-order valence-corrected chi connectivity index (χ4v) is 3.21. The molecule has 1 aliphatic heterocycles. The number of hydrogen-bond acceptors (Lipinski definition) is 4. The second-order valence-corrected chi connectivity index (χ2v) is 7.37. The van der Waals surface area contributed by atoms with Crippen LogP contribution in [-0.4, -0.2) is 37.4 Å². The summed E-state index contributed by atoms with van der Waals surface area (Å²) < 4.78 is 11.6. The molecule has 2 aromatic rings. The Bertz CT molecular complexity index is 823. The van der Waals surface area contributed by atoms with Crippen molar-refractivity contribution in [2.75, 3.05) is 26.4 Å². The third kappa shape index (κ3) is 7.68. The van der Waals surface area contributed by atoms with Crippen LogP contribution in [0.25, 0.3) is 0 Å². The summed E-state index contributed by atoms with van der Waals surface area (Å²) in [5.74, 6) is 2.36. The van der Waals surface area contributed by atoms with Crippen LogP contribution in [0, 0.1) is 12.8 Å². The Labute approximate surface area is 196 Å². The number of phenols is 1. The zero-order valence-electron chi connectivity index (χ0n) is 17.7. The van der Waals surface area contributed by atoms with Gasteiger partial charge in [-0.15, -0.1) is 24.0 Å². The van der Waals surface area contributed by atoms with Crippen LogP contribution in [0.4, 0.5) is 0 Å². The van der Waals surface area contributed by atoms with E-state index < -0.39 is 0 Å². The highest BCUT2D eigenvalue weighted by molar-refractivity contribution is 14.0. The molecule has 0 saturated carbocycles. The number of guanidine groups is 1. The molecule has 30 heavy (non-hydrogen) atoms. The highest BCUT2D eigenvalue weighted by atomic mass is 127. The molecule has 1 atom stereocenters.